The maximum atomic E-state index is 12.1. The number of carboxylic acid groups (broad SMARTS) is 2. The summed E-state index contributed by atoms with van der Waals surface area (Å²) in [5, 5.41) is 30.2. The molecule has 1 saturated carbocycles. The van der Waals surface area contributed by atoms with E-state index in [2.05, 4.69) is 37.5 Å². The first-order chi connectivity index (χ1) is 14.4. The Morgan fingerprint density at radius 1 is 1.20 bits per heavy atom. The molecule has 1 amide bonds. The molecule has 0 aromatic carbocycles. The topological polar surface area (TPSA) is 172 Å². The first-order valence-corrected chi connectivity index (χ1v) is 10.9. The van der Waals surface area contributed by atoms with Gasteiger partial charge >= 0.3 is 11.9 Å². The lowest BCUT2D eigenvalue weighted by atomic mass is 10.0. The third kappa shape index (κ3) is 6.21. The van der Waals surface area contributed by atoms with Crippen molar-refractivity contribution in [1.82, 2.24) is 25.2 Å². The lowest BCUT2D eigenvalue weighted by Gasteiger charge is -2.36. The van der Waals surface area contributed by atoms with Crippen molar-refractivity contribution in [3.63, 3.8) is 0 Å². The fourth-order valence-electron chi connectivity index (χ4n) is 2.58. The Hall–Kier alpha value is -2.58. The second-order valence-corrected chi connectivity index (χ2v) is 9.11. The van der Waals surface area contributed by atoms with Gasteiger partial charge in [0.25, 0.3) is 0 Å². The third-order valence-electron chi connectivity index (χ3n) is 4.18. The normalized spacial score (nSPS) is 16.3. The number of carbonyl (C=O) groups is 3. The van der Waals surface area contributed by atoms with Gasteiger partial charge in [-0.2, -0.15) is 4.98 Å². The quantitative estimate of drug-likeness (QED) is 0.308. The average molecular weight is 457 g/mol. The highest BCUT2D eigenvalue weighted by molar-refractivity contribution is 8.01. The number of anilines is 1. The van der Waals surface area contributed by atoms with Crippen LogP contribution in [0.1, 0.15) is 43.3 Å². The predicted molar refractivity (Wildman–Crippen MR) is 106 cm³/mol. The molecule has 1 aliphatic carbocycles. The van der Waals surface area contributed by atoms with E-state index in [1.165, 1.54) is 24.2 Å². The van der Waals surface area contributed by atoms with E-state index in [0.29, 0.717) is 23.5 Å². The molecule has 2 aliphatic rings. The summed E-state index contributed by atoms with van der Waals surface area (Å²) in [4.78, 5) is 36.8. The highest BCUT2D eigenvalue weighted by atomic mass is 32.2. The first-order valence-electron chi connectivity index (χ1n) is 9.14. The van der Waals surface area contributed by atoms with Crippen LogP contribution >= 0.6 is 23.1 Å². The monoisotopic (exact) mass is 456 g/mol. The zero-order valence-electron chi connectivity index (χ0n) is 16.0. The molecule has 3 heterocycles. The Bertz CT molecular complexity index is 896. The Morgan fingerprint density at radius 2 is 1.90 bits per heavy atom. The highest BCUT2D eigenvalue weighted by Crippen LogP contribution is 2.39. The Labute approximate surface area is 179 Å². The summed E-state index contributed by atoms with van der Waals surface area (Å²) >= 11 is 3.02. The number of thioether (sulfide) groups is 1. The number of hydrogen-bond donors (Lipinski definition) is 3. The lowest BCUT2D eigenvalue weighted by Crippen LogP contribution is -2.48. The fourth-order valence-corrected chi connectivity index (χ4v) is 4.24. The van der Waals surface area contributed by atoms with Gasteiger partial charge in [-0.15, -0.1) is 10.2 Å². The van der Waals surface area contributed by atoms with Crippen molar-refractivity contribution in [1.29, 1.82) is 0 Å². The summed E-state index contributed by atoms with van der Waals surface area (Å²) in [5.74, 6) is -0.474. The van der Waals surface area contributed by atoms with Crippen molar-refractivity contribution in [3.05, 3.63) is 11.7 Å². The third-order valence-corrected chi connectivity index (χ3v) is 6.03. The average Bonchev–Trinajstić information content (AvgIpc) is 3.24. The van der Waals surface area contributed by atoms with Gasteiger partial charge in [0.2, 0.25) is 16.9 Å². The molecule has 30 heavy (non-hydrogen) atoms. The minimum atomic E-state index is -1.82. The van der Waals surface area contributed by atoms with Crippen LogP contribution in [0.15, 0.2) is 8.86 Å². The minimum absolute atomic E-state index is 0.0677. The Balaban J connectivity index is 0.000000377. The van der Waals surface area contributed by atoms with E-state index in [1.807, 2.05) is 0 Å². The van der Waals surface area contributed by atoms with Crippen LogP contribution in [0.4, 0.5) is 5.13 Å². The van der Waals surface area contributed by atoms with Gasteiger partial charge in [-0.05, 0) is 18.6 Å². The number of carbonyl (C=O) groups excluding carboxylic acids is 1. The second kappa shape index (κ2) is 9.95. The van der Waals surface area contributed by atoms with Gasteiger partial charge in [0.15, 0.2) is 10.2 Å². The maximum Gasteiger partial charge on any atom is 0.414 e. The zero-order chi connectivity index (χ0) is 21.7. The van der Waals surface area contributed by atoms with Gasteiger partial charge in [-0.25, -0.2) is 9.59 Å². The molecule has 1 saturated heterocycles. The molecule has 0 radical (unpaired) electrons. The van der Waals surface area contributed by atoms with Crippen LogP contribution in [0.25, 0.3) is 0 Å². The number of likely N-dealkylation sites (tertiary alicyclic amines) is 1. The SMILES string of the molecule is CCSc1nnc(NC(=O)CN2CC(c3nc(C4CC4)no3)C2)s1.O=C(O)C(=O)O. The van der Waals surface area contributed by atoms with Crippen LogP contribution in [-0.4, -0.2) is 78.7 Å². The molecule has 0 bridgehead atoms. The van der Waals surface area contributed by atoms with Crippen molar-refractivity contribution in [2.24, 2.45) is 0 Å². The summed E-state index contributed by atoms with van der Waals surface area (Å²) < 4.78 is 6.21. The summed E-state index contributed by atoms with van der Waals surface area (Å²) in [6.07, 6.45) is 2.33. The summed E-state index contributed by atoms with van der Waals surface area (Å²) in [6, 6.07) is 0. The van der Waals surface area contributed by atoms with Crippen LogP contribution in [0.2, 0.25) is 0 Å². The van der Waals surface area contributed by atoms with E-state index in [4.69, 9.17) is 24.3 Å². The Morgan fingerprint density at radius 3 is 2.50 bits per heavy atom. The van der Waals surface area contributed by atoms with E-state index in [1.54, 1.807) is 11.8 Å². The molecule has 0 spiro atoms. The van der Waals surface area contributed by atoms with Gasteiger partial charge in [-0.3, -0.25) is 15.0 Å². The summed E-state index contributed by atoms with van der Waals surface area (Å²) in [6.45, 7) is 3.94. The predicted octanol–water partition coefficient (Wildman–Crippen LogP) is 1.10. The van der Waals surface area contributed by atoms with Crippen LogP contribution in [0.3, 0.4) is 0 Å². The number of hydrogen-bond acceptors (Lipinski definition) is 11. The molecular formula is C16H20N6O6S2. The number of carboxylic acids is 2. The molecule has 1 aliphatic heterocycles. The molecule has 0 atom stereocenters. The molecule has 12 nitrogen and oxygen atoms in total. The van der Waals surface area contributed by atoms with Gasteiger partial charge < -0.3 is 14.7 Å². The second-order valence-electron chi connectivity index (χ2n) is 6.62. The Kier molecular flexibility index (Phi) is 7.33. The zero-order valence-corrected chi connectivity index (χ0v) is 17.6. The number of aromatic nitrogens is 4. The van der Waals surface area contributed by atoms with E-state index in [-0.39, 0.29) is 11.8 Å². The van der Waals surface area contributed by atoms with E-state index < -0.39 is 11.9 Å². The lowest BCUT2D eigenvalue weighted by molar-refractivity contribution is -0.159. The highest BCUT2D eigenvalue weighted by Gasteiger charge is 2.36. The fraction of sp³-hybridized carbons (Fsp3) is 0.562. The molecule has 2 aromatic rings. The molecule has 162 valence electrons. The first kappa shape index (κ1) is 22.1. The minimum Gasteiger partial charge on any atom is -0.473 e. The largest absolute Gasteiger partial charge is 0.473 e. The van der Waals surface area contributed by atoms with E-state index in [0.717, 1.165) is 29.0 Å². The molecule has 3 N–H and O–H groups in total. The van der Waals surface area contributed by atoms with Crippen molar-refractivity contribution >= 4 is 46.1 Å². The van der Waals surface area contributed by atoms with Crippen LogP contribution < -0.4 is 5.32 Å². The molecule has 4 rings (SSSR count). The van der Waals surface area contributed by atoms with E-state index >= 15 is 0 Å². The van der Waals surface area contributed by atoms with Crippen molar-refractivity contribution in [2.45, 2.75) is 35.9 Å². The van der Waals surface area contributed by atoms with Crippen LogP contribution in [-0.2, 0) is 14.4 Å². The van der Waals surface area contributed by atoms with Gasteiger partial charge in [0.05, 0.1) is 12.5 Å². The molecule has 14 heteroatoms. The van der Waals surface area contributed by atoms with Crippen LogP contribution in [0, 0.1) is 0 Å². The summed E-state index contributed by atoms with van der Waals surface area (Å²) in [5.41, 5.74) is 0. The molecule has 0 unspecified atom stereocenters. The van der Waals surface area contributed by atoms with Crippen molar-refractivity contribution in [3.8, 4) is 0 Å². The number of amides is 1. The number of nitrogens with zero attached hydrogens (tertiary/aromatic N) is 5. The summed E-state index contributed by atoms with van der Waals surface area (Å²) in [7, 11) is 0. The van der Waals surface area contributed by atoms with Gasteiger partial charge in [-0.1, -0.05) is 35.2 Å². The van der Waals surface area contributed by atoms with E-state index in [9.17, 15) is 4.79 Å². The van der Waals surface area contributed by atoms with Gasteiger partial charge in [0.1, 0.15) is 0 Å². The number of nitrogens with one attached hydrogen (secondary N) is 1. The molecule has 2 aromatic heterocycles. The maximum absolute atomic E-state index is 12.1. The van der Waals surface area contributed by atoms with Gasteiger partial charge in [0, 0.05) is 19.0 Å². The van der Waals surface area contributed by atoms with Crippen LogP contribution in [0.5, 0.6) is 0 Å². The number of rotatable bonds is 7. The smallest absolute Gasteiger partial charge is 0.414 e. The standard InChI is InChI=1S/C14H18N6O2S2.C2H2O4/c1-2-23-14-18-17-13(24-14)15-10(21)7-20-5-9(6-20)12-16-11(19-22-12)8-3-4-8;3-1(4)2(5)6/h8-9H,2-7H2,1H3,(H,15,17,21);(H,3,4)(H,5,6). The van der Waals surface area contributed by atoms with Crippen molar-refractivity contribution < 1.29 is 29.1 Å². The molecular weight excluding hydrogens is 436 g/mol. The number of aliphatic carboxylic acids is 2. The molecule has 2 fully saturated rings. The van der Waals surface area contributed by atoms with Crippen molar-refractivity contribution in [2.75, 3.05) is 30.7 Å².